The largest absolute Gasteiger partial charge is 0.420 e. The zero-order chi connectivity index (χ0) is 18.7. The number of hydrogen-bond acceptors (Lipinski definition) is 5. The Balaban J connectivity index is 1.79. The third kappa shape index (κ3) is 4.18. The van der Waals surface area contributed by atoms with E-state index < -0.39 is 0 Å². The van der Waals surface area contributed by atoms with Gasteiger partial charge in [-0.15, -0.1) is 10.2 Å². The zero-order valence-corrected chi connectivity index (χ0v) is 15.0. The lowest BCUT2D eigenvalue weighted by Gasteiger charge is -2.08. The van der Waals surface area contributed by atoms with E-state index in [-0.39, 0.29) is 23.9 Å². The lowest BCUT2D eigenvalue weighted by atomic mass is 10.2. The molecule has 0 saturated heterocycles. The molecule has 0 unspecified atom stereocenters. The van der Waals surface area contributed by atoms with E-state index in [1.165, 1.54) is 16.8 Å². The van der Waals surface area contributed by atoms with Gasteiger partial charge in [-0.2, -0.15) is 0 Å². The number of carbonyl (C=O) groups is 1. The average Bonchev–Trinajstić information content (AvgIpc) is 3.07. The molecule has 3 aromatic rings. The summed E-state index contributed by atoms with van der Waals surface area (Å²) in [6.45, 7) is 3.74. The van der Waals surface area contributed by atoms with Crippen molar-refractivity contribution in [2.75, 3.05) is 5.32 Å². The third-order valence-electron chi connectivity index (χ3n) is 3.59. The molecule has 0 aliphatic carbocycles. The van der Waals surface area contributed by atoms with E-state index in [4.69, 9.17) is 16.0 Å². The SMILES string of the molecule is CC(C)c1nnc(-c2ccc(=O)n(CC(=O)Nc3cccc(Cl)c3)c2)o1. The van der Waals surface area contributed by atoms with E-state index in [1.807, 2.05) is 13.8 Å². The highest BCUT2D eigenvalue weighted by Crippen LogP contribution is 2.20. The van der Waals surface area contributed by atoms with Crippen LogP contribution < -0.4 is 10.9 Å². The van der Waals surface area contributed by atoms with E-state index in [0.717, 1.165) is 0 Å². The van der Waals surface area contributed by atoms with Crippen molar-refractivity contribution < 1.29 is 9.21 Å². The minimum atomic E-state index is -0.347. The first-order valence-electron chi connectivity index (χ1n) is 8.02. The molecule has 134 valence electrons. The van der Waals surface area contributed by atoms with Crippen LogP contribution in [0.3, 0.4) is 0 Å². The van der Waals surface area contributed by atoms with E-state index in [2.05, 4.69) is 15.5 Å². The van der Waals surface area contributed by atoms with Crippen molar-refractivity contribution >= 4 is 23.2 Å². The summed E-state index contributed by atoms with van der Waals surface area (Å²) in [5.41, 5.74) is 0.823. The average molecular weight is 373 g/mol. The predicted octanol–water partition coefficient (Wildman–Crippen LogP) is 3.31. The van der Waals surface area contributed by atoms with Crippen LogP contribution in [0.2, 0.25) is 5.02 Å². The highest BCUT2D eigenvalue weighted by molar-refractivity contribution is 6.30. The molecule has 0 saturated carbocycles. The first kappa shape index (κ1) is 17.9. The van der Waals surface area contributed by atoms with Crippen molar-refractivity contribution in [3.8, 4) is 11.5 Å². The van der Waals surface area contributed by atoms with E-state index in [9.17, 15) is 9.59 Å². The summed E-state index contributed by atoms with van der Waals surface area (Å²) in [4.78, 5) is 24.3. The molecule has 3 rings (SSSR count). The number of nitrogens with zero attached hydrogens (tertiary/aromatic N) is 3. The lowest BCUT2D eigenvalue weighted by Crippen LogP contribution is -2.26. The summed E-state index contributed by atoms with van der Waals surface area (Å²) >= 11 is 5.90. The van der Waals surface area contributed by atoms with Crippen molar-refractivity contribution in [2.45, 2.75) is 26.3 Å². The number of carbonyl (C=O) groups excluding carboxylic acids is 1. The lowest BCUT2D eigenvalue weighted by molar-refractivity contribution is -0.116. The van der Waals surface area contributed by atoms with Gasteiger partial charge in [0.2, 0.25) is 17.7 Å². The zero-order valence-electron chi connectivity index (χ0n) is 14.3. The summed E-state index contributed by atoms with van der Waals surface area (Å²) in [6, 6.07) is 9.74. The van der Waals surface area contributed by atoms with Crippen molar-refractivity contribution in [3.63, 3.8) is 0 Å². The molecule has 1 amide bonds. The van der Waals surface area contributed by atoms with Crippen molar-refractivity contribution in [1.82, 2.24) is 14.8 Å². The maximum Gasteiger partial charge on any atom is 0.251 e. The van der Waals surface area contributed by atoms with Gasteiger partial charge in [0.05, 0.1) is 5.56 Å². The molecule has 1 aromatic carbocycles. The minimum Gasteiger partial charge on any atom is -0.420 e. The topological polar surface area (TPSA) is 90.0 Å². The Kier molecular flexibility index (Phi) is 5.18. The normalized spacial score (nSPS) is 10.9. The fraction of sp³-hybridized carbons (Fsp3) is 0.222. The van der Waals surface area contributed by atoms with Gasteiger partial charge in [-0.1, -0.05) is 31.5 Å². The first-order chi connectivity index (χ1) is 12.4. The van der Waals surface area contributed by atoms with Crippen LogP contribution in [-0.4, -0.2) is 20.7 Å². The van der Waals surface area contributed by atoms with Crippen LogP contribution in [0.25, 0.3) is 11.5 Å². The molecule has 0 radical (unpaired) electrons. The van der Waals surface area contributed by atoms with Crippen LogP contribution in [0, 0.1) is 0 Å². The van der Waals surface area contributed by atoms with Gasteiger partial charge < -0.3 is 14.3 Å². The Morgan fingerprint density at radius 3 is 2.77 bits per heavy atom. The number of aromatic nitrogens is 3. The molecule has 2 aromatic heterocycles. The third-order valence-corrected chi connectivity index (χ3v) is 3.82. The molecule has 8 heteroatoms. The second-order valence-corrected chi connectivity index (χ2v) is 6.48. The molecular weight excluding hydrogens is 356 g/mol. The fourth-order valence-corrected chi connectivity index (χ4v) is 2.48. The maximum absolute atomic E-state index is 12.2. The Labute approximate surface area is 154 Å². The molecule has 0 bridgehead atoms. The van der Waals surface area contributed by atoms with Gasteiger partial charge in [0.25, 0.3) is 5.56 Å². The van der Waals surface area contributed by atoms with E-state index in [0.29, 0.717) is 28.1 Å². The van der Waals surface area contributed by atoms with Crippen LogP contribution in [0.4, 0.5) is 5.69 Å². The molecule has 0 spiro atoms. The summed E-state index contributed by atoms with van der Waals surface area (Å²) in [5.74, 6) is 0.569. The second kappa shape index (κ2) is 7.53. The number of benzene rings is 1. The van der Waals surface area contributed by atoms with E-state index in [1.54, 1.807) is 30.3 Å². The molecule has 0 fully saturated rings. The van der Waals surface area contributed by atoms with Gasteiger partial charge in [0.1, 0.15) is 6.54 Å². The molecule has 0 aliphatic rings. The number of halogens is 1. The number of nitrogens with one attached hydrogen (secondary N) is 1. The van der Waals surface area contributed by atoms with Gasteiger partial charge in [0, 0.05) is 28.9 Å². The van der Waals surface area contributed by atoms with Crippen molar-refractivity contribution in [3.05, 3.63) is 63.9 Å². The summed E-state index contributed by atoms with van der Waals surface area (Å²) in [5, 5.41) is 11.2. The smallest absolute Gasteiger partial charge is 0.251 e. The molecule has 2 heterocycles. The van der Waals surface area contributed by atoms with Crippen LogP contribution in [0.15, 0.2) is 51.8 Å². The fourth-order valence-electron chi connectivity index (χ4n) is 2.29. The Morgan fingerprint density at radius 1 is 1.27 bits per heavy atom. The van der Waals surface area contributed by atoms with Crippen LogP contribution in [-0.2, 0) is 11.3 Å². The van der Waals surface area contributed by atoms with Gasteiger partial charge in [-0.05, 0) is 24.3 Å². The molecule has 0 atom stereocenters. The van der Waals surface area contributed by atoms with Gasteiger partial charge in [0.15, 0.2) is 0 Å². The molecule has 7 nitrogen and oxygen atoms in total. The quantitative estimate of drug-likeness (QED) is 0.742. The number of anilines is 1. The van der Waals surface area contributed by atoms with Crippen molar-refractivity contribution in [1.29, 1.82) is 0 Å². The second-order valence-electron chi connectivity index (χ2n) is 6.04. The highest BCUT2D eigenvalue weighted by Gasteiger charge is 2.13. The standard InChI is InChI=1S/C18H17ClN4O3/c1-11(2)17-21-22-18(26-17)12-6-7-16(25)23(9-12)10-15(24)20-14-5-3-4-13(19)8-14/h3-9,11H,10H2,1-2H3,(H,20,24). The molecule has 1 N–H and O–H groups in total. The Bertz CT molecular complexity index is 994. The van der Waals surface area contributed by atoms with Crippen LogP contribution in [0.5, 0.6) is 0 Å². The van der Waals surface area contributed by atoms with Crippen molar-refractivity contribution in [2.24, 2.45) is 0 Å². The number of pyridine rings is 1. The van der Waals surface area contributed by atoms with Crippen LogP contribution >= 0.6 is 11.6 Å². The van der Waals surface area contributed by atoms with Gasteiger partial charge in [-0.3, -0.25) is 9.59 Å². The number of amides is 1. The Morgan fingerprint density at radius 2 is 2.08 bits per heavy atom. The summed E-state index contributed by atoms with van der Waals surface area (Å²) in [7, 11) is 0. The first-order valence-corrected chi connectivity index (χ1v) is 8.40. The molecule has 26 heavy (non-hydrogen) atoms. The molecular formula is C18H17ClN4O3. The van der Waals surface area contributed by atoms with Gasteiger partial charge in [-0.25, -0.2) is 0 Å². The highest BCUT2D eigenvalue weighted by atomic mass is 35.5. The summed E-state index contributed by atoms with van der Waals surface area (Å²) in [6.07, 6.45) is 1.53. The Hall–Kier alpha value is -2.93. The minimum absolute atomic E-state index is 0.102. The number of hydrogen-bond donors (Lipinski definition) is 1. The van der Waals surface area contributed by atoms with Crippen LogP contribution in [0.1, 0.15) is 25.7 Å². The predicted molar refractivity (Wildman–Crippen MR) is 98.2 cm³/mol. The monoisotopic (exact) mass is 372 g/mol. The van der Waals surface area contributed by atoms with E-state index >= 15 is 0 Å². The summed E-state index contributed by atoms with van der Waals surface area (Å²) < 4.78 is 6.87. The number of rotatable bonds is 5. The molecule has 0 aliphatic heterocycles. The van der Waals surface area contributed by atoms with Gasteiger partial charge >= 0.3 is 0 Å². The maximum atomic E-state index is 12.2.